The van der Waals surface area contributed by atoms with Gasteiger partial charge in [0.05, 0.1) is 0 Å². The van der Waals surface area contributed by atoms with Gasteiger partial charge in [0.25, 0.3) is 0 Å². The van der Waals surface area contributed by atoms with Crippen LogP contribution in [-0.4, -0.2) is 11.7 Å². The lowest BCUT2D eigenvalue weighted by molar-refractivity contribution is 0.466. The molecule has 0 amide bonds. The molecule has 0 saturated heterocycles. The quantitative estimate of drug-likeness (QED) is 0.607. The molecule has 0 aliphatic rings. The highest BCUT2D eigenvalue weighted by Gasteiger charge is 2.05. The molecule has 0 saturated carbocycles. The van der Waals surface area contributed by atoms with E-state index in [-0.39, 0.29) is 0 Å². The predicted octanol–water partition coefficient (Wildman–Crippen LogP) is 3.21. The molecule has 0 atom stereocenters. The number of benzene rings is 2. The van der Waals surface area contributed by atoms with Gasteiger partial charge in [0.15, 0.2) is 0 Å². The molecule has 0 heterocycles. The zero-order valence-electron chi connectivity index (χ0n) is 9.82. The van der Waals surface area contributed by atoms with E-state index in [1.807, 2.05) is 30.3 Å². The van der Waals surface area contributed by atoms with Crippen LogP contribution in [0.3, 0.4) is 0 Å². The van der Waals surface area contributed by atoms with Crippen LogP contribution >= 0.6 is 0 Å². The molecule has 2 heteroatoms. The molecular weight excluding hydrogens is 210 g/mol. The maximum Gasteiger partial charge on any atom is 0.120 e. The van der Waals surface area contributed by atoms with Crippen molar-refractivity contribution < 1.29 is 5.11 Å². The van der Waals surface area contributed by atoms with Crippen LogP contribution in [0.1, 0.15) is 12.0 Å². The molecule has 2 aromatic carbocycles. The molecule has 0 spiro atoms. The van der Waals surface area contributed by atoms with Crippen LogP contribution in [0.4, 0.5) is 0 Å². The van der Waals surface area contributed by atoms with Gasteiger partial charge in [0.1, 0.15) is 5.75 Å². The van der Waals surface area contributed by atoms with E-state index in [1.165, 1.54) is 0 Å². The summed E-state index contributed by atoms with van der Waals surface area (Å²) < 4.78 is 0. The first-order valence-corrected chi connectivity index (χ1v) is 5.84. The Morgan fingerprint density at radius 2 is 2.00 bits per heavy atom. The van der Waals surface area contributed by atoms with Gasteiger partial charge in [-0.15, -0.1) is 6.58 Å². The van der Waals surface area contributed by atoms with E-state index >= 15 is 0 Å². The Hall–Kier alpha value is -1.80. The van der Waals surface area contributed by atoms with Gasteiger partial charge in [-0.25, -0.2) is 0 Å². The zero-order valence-corrected chi connectivity index (χ0v) is 9.82. The molecule has 0 fully saturated rings. The number of phenols is 1. The third-order valence-corrected chi connectivity index (χ3v) is 2.84. The molecule has 0 aromatic heterocycles. The summed E-state index contributed by atoms with van der Waals surface area (Å²) >= 11 is 0. The standard InChI is InChI=1S/C15H17NO/c1-2-3-10-16-11-14-13-7-5-4-6-12(13)8-9-15(14)17/h2,4-9,16-17H,1,3,10-11H2. The fraction of sp³-hybridized carbons (Fsp3) is 0.200. The first-order valence-electron chi connectivity index (χ1n) is 5.84. The fourth-order valence-corrected chi connectivity index (χ4v) is 1.93. The van der Waals surface area contributed by atoms with E-state index < -0.39 is 0 Å². The molecule has 0 radical (unpaired) electrons. The third kappa shape index (κ3) is 2.66. The van der Waals surface area contributed by atoms with Crippen molar-refractivity contribution in [3.8, 4) is 5.75 Å². The summed E-state index contributed by atoms with van der Waals surface area (Å²) in [6.45, 7) is 5.25. The normalized spacial score (nSPS) is 10.6. The fourth-order valence-electron chi connectivity index (χ4n) is 1.93. The van der Waals surface area contributed by atoms with Crippen molar-refractivity contribution in [1.82, 2.24) is 5.32 Å². The van der Waals surface area contributed by atoms with Gasteiger partial charge in [-0.3, -0.25) is 0 Å². The van der Waals surface area contributed by atoms with Crippen LogP contribution in [0.25, 0.3) is 10.8 Å². The van der Waals surface area contributed by atoms with E-state index in [2.05, 4.69) is 18.0 Å². The van der Waals surface area contributed by atoms with Gasteiger partial charge in [-0.2, -0.15) is 0 Å². The number of aromatic hydroxyl groups is 1. The van der Waals surface area contributed by atoms with Crippen molar-refractivity contribution >= 4 is 10.8 Å². The summed E-state index contributed by atoms with van der Waals surface area (Å²) in [7, 11) is 0. The van der Waals surface area contributed by atoms with Gasteiger partial charge >= 0.3 is 0 Å². The highest BCUT2D eigenvalue weighted by Crippen LogP contribution is 2.26. The summed E-state index contributed by atoms with van der Waals surface area (Å²) in [5, 5.41) is 15.5. The van der Waals surface area contributed by atoms with Gasteiger partial charge in [0.2, 0.25) is 0 Å². The van der Waals surface area contributed by atoms with Crippen LogP contribution in [0.2, 0.25) is 0 Å². The van der Waals surface area contributed by atoms with Gasteiger partial charge in [-0.1, -0.05) is 36.4 Å². The number of nitrogens with one attached hydrogen (secondary N) is 1. The maximum atomic E-state index is 9.90. The minimum absolute atomic E-state index is 0.356. The van der Waals surface area contributed by atoms with Crippen LogP contribution in [0, 0.1) is 0 Å². The van der Waals surface area contributed by atoms with Crippen LogP contribution in [0.15, 0.2) is 49.1 Å². The van der Waals surface area contributed by atoms with E-state index in [9.17, 15) is 5.11 Å². The molecule has 0 aliphatic heterocycles. The van der Waals surface area contributed by atoms with Gasteiger partial charge < -0.3 is 10.4 Å². The first kappa shape index (κ1) is 11.7. The van der Waals surface area contributed by atoms with Crippen molar-refractivity contribution in [2.75, 3.05) is 6.54 Å². The molecule has 0 bridgehead atoms. The van der Waals surface area contributed by atoms with E-state index in [0.717, 1.165) is 29.3 Å². The largest absolute Gasteiger partial charge is 0.508 e. The maximum absolute atomic E-state index is 9.90. The zero-order chi connectivity index (χ0) is 12.1. The summed E-state index contributed by atoms with van der Waals surface area (Å²) in [4.78, 5) is 0. The number of rotatable bonds is 5. The minimum atomic E-state index is 0.356. The Morgan fingerprint density at radius 3 is 2.82 bits per heavy atom. The first-order chi connectivity index (χ1) is 8.33. The van der Waals surface area contributed by atoms with Crippen molar-refractivity contribution in [1.29, 1.82) is 0 Å². The second-order valence-electron chi connectivity index (χ2n) is 4.04. The van der Waals surface area contributed by atoms with Crippen molar-refractivity contribution in [2.45, 2.75) is 13.0 Å². The van der Waals surface area contributed by atoms with E-state index in [0.29, 0.717) is 12.3 Å². The Bertz CT molecular complexity index is 519. The second-order valence-corrected chi connectivity index (χ2v) is 4.04. The molecule has 0 unspecified atom stereocenters. The predicted molar refractivity (Wildman–Crippen MR) is 72.1 cm³/mol. The Balaban J connectivity index is 2.25. The molecule has 2 aromatic rings. The topological polar surface area (TPSA) is 32.3 Å². The number of fused-ring (bicyclic) bond motifs is 1. The molecule has 88 valence electrons. The number of hydrogen-bond acceptors (Lipinski definition) is 2. The SMILES string of the molecule is C=CCCNCc1c(O)ccc2ccccc12. The van der Waals surface area contributed by atoms with Crippen molar-refractivity contribution in [2.24, 2.45) is 0 Å². The number of phenolic OH excluding ortho intramolecular Hbond substituents is 1. The average molecular weight is 227 g/mol. The number of hydrogen-bond donors (Lipinski definition) is 2. The summed E-state index contributed by atoms with van der Waals surface area (Å²) in [5.74, 6) is 0.356. The van der Waals surface area contributed by atoms with Crippen LogP contribution < -0.4 is 5.32 Å². The van der Waals surface area contributed by atoms with Crippen molar-refractivity contribution in [3.63, 3.8) is 0 Å². The highest BCUT2D eigenvalue weighted by atomic mass is 16.3. The molecule has 2 N–H and O–H groups in total. The molecule has 2 rings (SSSR count). The molecular formula is C15H17NO. The van der Waals surface area contributed by atoms with E-state index in [1.54, 1.807) is 6.07 Å². The van der Waals surface area contributed by atoms with Gasteiger partial charge in [-0.05, 0) is 29.8 Å². The van der Waals surface area contributed by atoms with Crippen LogP contribution in [0.5, 0.6) is 5.75 Å². The monoisotopic (exact) mass is 227 g/mol. The summed E-state index contributed by atoms with van der Waals surface area (Å²) in [5.41, 5.74) is 0.965. The Labute approximate surface area is 102 Å². The molecule has 2 nitrogen and oxygen atoms in total. The highest BCUT2D eigenvalue weighted by molar-refractivity contribution is 5.87. The Kier molecular flexibility index (Phi) is 3.78. The van der Waals surface area contributed by atoms with Crippen molar-refractivity contribution in [3.05, 3.63) is 54.6 Å². The molecule has 0 aliphatic carbocycles. The smallest absolute Gasteiger partial charge is 0.120 e. The second kappa shape index (κ2) is 5.51. The van der Waals surface area contributed by atoms with Crippen LogP contribution in [-0.2, 0) is 6.54 Å². The third-order valence-electron chi connectivity index (χ3n) is 2.84. The lowest BCUT2D eigenvalue weighted by Gasteiger charge is -2.09. The lowest BCUT2D eigenvalue weighted by Crippen LogP contribution is -2.14. The summed E-state index contributed by atoms with van der Waals surface area (Å²) in [6, 6.07) is 11.8. The van der Waals surface area contributed by atoms with Gasteiger partial charge in [0, 0.05) is 12.1 Å². The minimum Gasteiger partial charge on any atom is -0.508 e. The van der Waals surface area contributed by atoms with E-state index in [4.69, 9.17) is 0 Å². The lowest BCUT2D eigenvalue weighted by atomic mass is 10.0. The molecule has 17 heavy (non-hydrogen) atoms. The Morgan fingerprint density at radius 1 is 1.18 bits per heavy atom. The average Bonchev–Trinajstić information content (AvgIpc) is 2.37. The summed E-state index contributed by atoms with van der Waals surface area (Å²) in [6.07, 6.45) is 2.82.